The van der Waals surface area contributed by atoms with E-state index in [1.54, 1.807) is 24.5 Å². The Balaban J connectivity index is 2.08. The summed E-state index contributed by atoms with van der Waals surface area (Å²) in [6.07, 6.45) is 3.52. The molecule has 0 aliphatic rings. The molecule has 0 saturated heterocycles. The van der Waals surface area contributed by atoms with E-state index in [0.717, 1.165) is 16.8 Å². The van der Waals surface area contributed by atoms with E-state index in [2.05, 4.69) is 10.3 Å². The van der Waals surface area contributed by atoms with Crippen LogP contribution in [-0.2, 0) is 6.54 Å². The Morgan fingerprint density at radius 1 is 1.35 bits per heavy atom. The average Bonchev–Trinajstić information content (AvgIpc) is 2.32. The Labute approximate surface area is 104 Å². The van der Waals surface area contributed by atoms with Gasteiger partial charge >= 0.3 is 0 Å². The molecule has 0 aliphatic carbocycles. The second kappa shape index (κ2) is 5.15. The van der Waals surface area contributed by atoms with Crippen molar-refractivity contribution in [2.45, 2.75) is 13.5 Å². The Bertz CT molecular complexity index is 529. The Morgan fingerprint density at radius 3 is 2.88 bits per heavy atom. The first kappa shape index (κ1) is 11.9. The summed E-state index contributed by atoms with van der Waals surface area (Å²) in [6, 6.07) is 6.62. The second-order valence-electron chi connectivity index (χ2n) is 3.79. The van der Waals surface area contributed by atoms with Gasteiger partial charge in [0.2, 0.25) is 0 Å². The summed E-state index contributed by atoms with van der Waals surface area (Å²) in [5.41, 5.74) is 3.02. The van der Waals surface area contributed by atoms with Gasteiger partial charge in [-0.1, -0.05) is 17.7 Å². The molecule has 2 nitrogen and oxygen atoms in total. The van der Waals surface area contributed by atoms with E-state index in [0.29, 0.717) is 6.54 Å². The summed E-state index contributed by atoms with van der Waals surface area (Å²) >= 11 is 5.71. The molecule has 0 aliphatic heterocycles. The molecule has 1 aromatic carbocycles. The monoisotopic (exact) mass is 250 g/mol. The number of aromatic nitrogens is 1. The van der Waals surface area contributed by atoms with E-state index in [4.69, 9.17) is 11.6 Å². The molecule has 17 heavy (non-hydrogen) atoms. The van der Waals surface area contributed by atoms with Gasteiger partial charge in [-0.15, -0.1) is 0 Å². The van der Waals surface area contributed by atoms with Gasteiger partial charge in [0.15, 0.2) is 0 Å². The number of rotatable bonds is 3. The van der Waals surface area contributed by atoms with Crippen molar-refractivity contribution in [2.75, 3.05) is 5.32 Å². The minimum absolute atomic E-state index is 0.149. The highest BCUT2D eigenvalue weighted by Crippen LogP contribution is 2.18. The molecule has 88 valence electrons. The van der Waals surface area contributed by atoms with Gasteiger partial charge in [-0.3, -0.25) is 4.98 Å². The Kier molecular flexibility index (Phi) is 3.59. The van der Waals surface area contributed by atoms with Crippen molar-refractivity contribution in [2.24, 2.45) is 0 Å². The van der Waals surface area contributed by atoms with Crippen molar-refractivity contribution in [3.63, 3.8) is 0 Å². The van der Waals surface area contributed by atoms with Crippen LogP contribution in [0.2, 0.25) is 5.02 Å². The highest BCUT2D eigenvalue weighted by Gasteiger charge is 2.01. The molecule has 2 aromatic rings. The standard InChI is InChI=1S/C13H12ClFN2/c1-9-7-16-5-4-13(9)17-8-10-2-3-12(15)11(14)6-10/h2-7H,8H2,1H3,(H,16,17). The van der Waals surface area contributed by atoms with Gasteiger partial charge in [0.25, 0.3) is 0 Å². The van der Waals surface area contributed by atoms with Crippen molar-refractivity contribution < 1.29 is 4.39 Å². The number of nitrogens with one attached hydrogen (secondary N) is 1. The van der Waals surface area contributed by atoms with E-state index in [9.17, 15) is 4.39 Å². The number of pyridine rings is 1. The molecule has 1 heterocycles. The topological polar surface area (TPSA) is 24.9 Å². The van der Waals surface area contributed by atoms with Crippen LogP contribution in [0.4, 0.5) is 10.1 Å². The summed E-state index contributed by atoms with van der Waals surface area (Å²) in [6.45, 7) is 2.58. The molecule has 0 radical (unpaired) electrons. The van der Waals surface area contributed by atoms with Crippen LogP contribution in [0.5, 0.6) is 0 Å². The number of hydrogen-bond donors (Lipinski definition) is 1. The molecule has 0 amide bonds. The van der Waals surface area contributed by atoms with Crippen LogP contribution in [0.1, 0.15) is 11.1 Å². The largest absolute Gasteiger partial charge is 0.381 e. The maximum Gasteiger partial charge on any atom is 0.141 e. The van der Waals surface area contributed by atoms with Crippen LogP contribution in [-0.4, -0.2) is 4.98 Å². The zero-order valence-electron chi connectivity index (χ0n) is 9.37. The molecule has 0 spiro atoms. The first-order valence-electron chi connectivity index (χ1n) is 5.25. The zero-order chi connectivity index (χ0) is 12.3. The van der Waals surface area contributed by atoms with E-state index >= 15 is 0 Å². The molecular formula is C13H12ClFN2. The molecule has 4 heteroatoms. The van der Waals surface area contributed by atoms with Crippen LogP contribution in [0, 0.1) is 12.7 Å². The fourth-order valence-corrected chi connectivity index (χ4v) is 1.72. The molecule has 1 aromatic heterocycles. The Morgan fingerprint density at radius 2 is 2.18 bits per heavy atom. The van der Waals surface area contributed by atoms with Crippen LogP contribution >= 0.6 is 11.6 Å². The minimum Gasteiger partial charge on any atom is -0.381 e. The number of nitrogens with zero attached hydrogens (tertiary/aromatic N) is 1. The van der Waals surface area contributed by atoms with Gasteiger partial charge in [0, 0.05) is 24.6 Å². The molecule has 0 fully saturated rings. The lowest BCUT2D eigenvalue weighted by Gasteiger charge is -2.09. The summed E-state index contributed by atoms with van der Waals surface area (Å²) in [5.74, 6) is -0.393. The lowest BCUT2D eigenvalue weighted by Crippen LogP contribution is -2.01. The zero-order valence-corrected chi connectivity index (χ0v) is 10.1. The van der Waals surface area contributed by atoms with Gasteiger partial charge in [-0.25, -0.2) is 4.39 Å². The second-order valence-corrected chi connectivity index (χ2v) is 4.20. The van der Waals surface area contributed by atoms with Crippen molar-refractivity contribution in [1.82, 2.24) is 4.98 Å². The van der Waals surface area contributed by atoms with Crippen LogP contribution in [0.25, 0.3) is 0 Å². The third kappa shape index (κ3) is 2.94. The third-order valence-corrected chi connectivity index (χ3v) is 2.78. The van der Waals surface area contributed by atoms with Gasteiger partial charge < -0.3 is 5.32 Å². The average molecular weight is 251 g/mol. The van der Waals surface area contributed by atoms with Gasteiger partial charge in [-0.05, 0) is 36.2 Å². The first-order valence-corrected chi connectivity index (χ1v) is 5.63. The number of halogens is 2. The number of hydrogen-bond acceptors (Lipinski definition) is 2. The van der Waals surface area contributed by atoms with E-state index < -0.39 is 5.82 Å². The van der Waals surface area contributed by atoms with E-state index in [-0.39, 0.29) is 5.02 Å². The highest BCUT2D eigenvalue weighted by molar-refractivity contribution is 6.30. The summed E-state index contributed by atoms with van der Waals surface area (Å²) in [5, 5.41) is 3.40. The smallest absolute Gasteiger partial charge is 0.141 e. The van der Waals surface area contributed by atoms with Gasteiger partial charge in [0.05, 0.1) is 5.02 Å². The van der Waals surface area contributed by atoms with Crippen molar-refractivity contribution >= 4 is 17.3 Å². The summed E-state index contributed by atoms with van der Waals surface area (Å²) in [4.78, 5) is 4.01. The summed E-state index contributed by atoms with van der Waals surface area (Å²) in [7, 11) is 0. The summed E-state index contributed by atoms with van der Waals surface area (Å²) < 4.78 is 13.0. The molecule has 0 bridgehead atoms. The maximum absolute atomic E-state index is 13.0. The lowest BCUT2D eigenvalue weighted by atomic mass is 10.2. The fourth-order valence-electron chi connectivity index (χ4n) is 1.52. The van der Waals surface area contributed by atoms with E-state index in [1.165, 1.54) is 6.07 Å². The van der Waals surface area contributed by atoms with E-state index in [1.807, 2.05) is 13.0 Å². The van der Waals surface area contributed by atoms with Crippen LogP contribution in [0.15, 0.2) is 36.7 Å². The number of benzene rings is 1. The predicted octanol–water partition coefficient (Wildman–Crippen LogP) is 3.79. The minimum atomic E-state index is -0.393. The molecule has 2 rings (SSSR count). The third-order valence-electron chi connectivity index (χ3n) is 2.49. The normalized spacial score (nSPS) is 10.3. The lowest BCUT2D eigenvalue weighted by molar-refractivity contribution is 0.627. The number of anilines is 1. The predicted molar refractivity (Wildman–Crippen MR) is 67.7 cm³/mol. The highest BCUT2D eigenvalue weighted by atomic mass is 35.5. The van der Waals surface area contributed by atoms with Crippen molar-refractivity contribution in [3.05, 3.63) is 58.6 Å². The van der Waals surface area contributed by atoms with Gasteiger partial charge in [-0.2, -0.15) is 0 Å². The maximum atomic E-state index is 13.0. The van der Waals surface area contributed by atoms with Crippen molar-refractivity contribution in [1.29, 1.82) is 0 Å². The fraction of sp³-hybridized carbons (Fsp3) is 0.154. The van der Waals surface area contributed by atoms with Crippen LogP contribution < -0.4 is 5.32 Å². The first-order chi connectivity index (χ1) is 8.16. The quantitative estimate of drug-likeness (QED) is 0.896. The molecule has 0 unspecified atom stereocenters. The van der Waals surface area contributed by atoms with Crippen molar-refractivity contribution in [3.8, 4) is 0 Å². The molecule has 1 N–H and O–H groups in total. The van der Waals surface area contributed by atoms with Gasteiger partial charge in [0.1, 0.15) is 5.82 Å². The SMILES string of the molecule is Cc1cnccc1NCc1ccc(F)c(Cl)c1. The number of aryl methyl sites for hydroxylation is 1. The van der Waals surface area contributed by atoms with Crippen LogP contribution in [0.3, 0.4) is 0 Å². The molecule has 0 saturated carbocycles. The molecular weight excluding hydrogens is 239 g/mol. The molecule has 0 atom stereocenters. The Hall–Kier alpha value is -1.61.